The van der Waals surface area contributed by atoms with E-state index in [-0.39, 0.29) is 5.91 Å². The van der Waals surface area contributed by atoms with Gasteiger partial charge in [0.25, 0.3) is 5.91 Å². The maximum absolute atomic E-state index is 12.5. The number of halogens is 1. The molecule has 0 aliphatic heterocycles. The Morgan fingerprint density at radius 2 is 1.75 bits per heavy atom. The Bertz CT molecular complexity index is 979. The molecule has 28 heavy (non-hydrogen) atoms. The van der Waals surface area contributed by atoms with Gasteiger partial charge in [-0.1, -0.05) is 29.8 Å². The van der Waals surface area contributed by atoms with Crippen molar-refractivity contribution >= 4 is 28.9 Å². The SMILES string of the molecule is COc1ccc(Nc2ccnc(C(=O)NCc3ccccc3OC)c2)cc1Cl. The minimum Gasteiger partial charge on any atom is -0.496 e. The molecule has 0 atom stereocenters. The lowest BCUT2D eigenvalue weighted by Crippen LogP contribution is -2.24. The highest BCUT2D eigenvalue weighted by atomic mass is 35.5. The molecular weight excluding hydrogens is 378 g/mol. The van der Waals surface area contributed by atoms with E-state index in [0.717, 1.165) is 22.7 Å². The number of hydrogen-bond donors (Lipinski definition) is 2. The number of anilines is 2. The van der Waals surface area contributed by atoms with Crippen molar-refractivity contribution in [1.29, 1.82) is 0 Å². The van der Waals surface area contributed by atoms with Crippen LogP contribution in [0.1, 0.15) is 16.1 Å². The average Bonchev–Trinajstić information content (AvgIpc) is 2.72. The van der Waals surface area contributed by atoms with Gasteiger partial charge < -0.3 is 20.1 Å². The summed E-state index contributed by atoms with van der Waals surface area (Å²) in [6, 6.07) is 16.3. The molecule has 7 heteroatoms. The third-order valence-corrected chi connectivity index (χ3v) is 4.36. The Hall–Kier alpha value is -3.25. The summed E-state index contributed by atoms with van der Waals surface area (Å²) in [7, 11) is 3.16. The molecule has 0 fully saturated rings. The Balaban J connectivity index is 1.68. The van der Waals surface area contributed by atoms with Crippen molar-refractivity contribution in [3.63, 3.8) is 0 Å². The van der Waals surface area contributed by atoms with Crippen LogP contribution in [0.2, 0.25) is 5.02 Å². The zero-order valence-corrected chi connectivity index (χ0v) is 16.3. The summed E-state index contributed by atoms with van der Waals surface area (Å²) in [6.45, 7) is 0.344. The van der Waals surface area contributed by atoms with E-state index in [2.05, 4.69) is 15.6 Å². The van der Waals surface area contributed by atoms with Crippen LogP contribution in [0, 0.1) is 0 Å². The summed E-state index contributed by atoms with van der Waals surface area (Å²) in [6.07, 6.45) is 1.57. The Labute approximate surface area is 168 Å². The molecule has 2 N–H and O–H groups in total. The van der Waals surface area contributed by atoms with Gasteiger partial charge in [0.15, 0.2) is 0 Å². The molecule has 2 aromatic carbocycles. The molecule has 1 heterocycles. The van der Waals surface area contributed by atoms with Crippen LogP contribution in [-0.2, 0) is 6.54 Å². The molecule has 144 valence electrons. The lowest BCUT2D eigenvalue weighted by molar-refractivity contribution is 0.0945. The van der Waals surface area contributed by atoms with E-state index in [0.29, 0.717) is 23.0 Å². The fourth-order valence-corrected chi connectivity index (χ4v) is 2.92. The van der Waals surface area contributed by atoms with Crippen molar-refractivity contribution in [2.24, 2.45) is 0 Å². The minimum absolute atomic E-state index is 0.276. The molecule has 0 unspecified atom stereocenters. The second-order valence-electron chi connectivity index (χ2n) is 5.90. The standard InChI is InChI=1S/C21H20ClN3O3/c1-27-19-6-4-3-5-14(19)13-24-21(26)18-12-16(9-10-23-18)25-15-7-8-20(28-2)17(22)11-15/h3-12H,13H2,1-2H3,(H,23,25)(H,24,26). The quantitative estimate of drug-likeness (QED) is 0.617. The van der Waals surface area contributed by atoms with Crippen LogP contribution >= 0.6 is 11.6 Å². The van der Waals surface area contributed by atoms with Gasteiger partial charge in [0, 0.05) is 29.7 Å². The Morgan fingerprint density at radius 3 is 2.50 bits per heavy atom. The van der Waals surface area contributed by atoms with Crippen molar-refractivity contribution in [3.05, 3.63) is 77.1 Å². The Kier molecular flexibility index (Phi) is 6.34. The van der Waals surface area contributed by atoms with Crippen LogP contribution in [0.3, 0.4) is 0 Å². The Morgan fingerprint density at radius 1 is 1.00 bits per heavy atom. The number of methoxy groups -OCH3 is 2. The van der Waals surface area contributed by atoms with Gasteiger partial charge in [-0.3, -0.25) is 9.78 Å². The van der Waals surface area contributed by atoms with Gasteiger partial charge >= 0.3 is 0 Å². The molecule has 0 saturated heterocycles. The molecule has 0 aliphatic rings. The highest BCUT2D eigenvalue weighted by Gasteiger charge is 2.10. The number of amides is 1. The van der Waals surface area contributed by atoms with Gasteiger partial charge in [0.1, 0.15) is 17.2 Å². The van der Waals surface area contributed by atoms with Crippen molar-refractivity contribution in [1.82, 2.24) is 10.3 Å². The first-order valence-electron chi connectivity index (χ1n) is 8.57. The predicted molar refractivity (Wildman–Crippen MR) is 110 cm³/mol. The molecule has 0 spiro atoms. The van der Waals surface area contributed by atoms with Crippen molar-refractivity contribution < 1.29 is 14.3 Å². The first-order chi connectivity index (χ1) is 13.6. The summed E-state index contributed by atoms with van der Waals surface area (Å²) in [5, 5.41) is 6.56. The molecule has 0 saturated carbocycles. The highest BCUT2D eigenvalue weighted by Crippen LogP contribution is 2.28. The van der Waals surface area contributed by atoms with E-state index in [1.54, 1.807) is 44.7 Å². The van der Waals surface area contributed by atoms with Crippen molar-refractivity contribution in [2.45, 2.75) is 6.54 Å². The third-order valence-electron chi connectivity index (χ3n) is 4.06. The number of rotatable bonds is 7. The monoisotopic (exact) mass is 397 g/mol. The predicted octanol–water partition coefficient (Wildman–Crippen LogP) is 4.43. The number of carbonyl (C=O) groups excluding carboxylic acids is 1. The van der Waals surface area contributed by atoms with Crippen LogP contribution in [-0.4, -0.2) is 25.1 Å². The third kappa shape index (κ3) is 4.72. The molecule has 1 amide bonds. The number of benzene rings is 2. The fraction of sp³-hybridized carbons (Fsp3) is 0.143. The molecule has 0 aliphatic carbocycles. The average molecular weight is 398 g/mol. The van der Waals surface area contributed by atoms with E-state index in [4.69, 9.17) is 21.1 Å². The van der Waals surface area contributed by atoms with E-state index in [1.165, 1.54) is 0 Å². The molecule has 6 nitrogen and oxygen atoms in total. The summed E-state index contributed by atoms with van der Waals surface area (Å²) < 4.78 is 10.4. The number of carbonyl (C=O) groups is 1. The van der Waals surface area contributed by atoms with Gasteiger partial charge in [0.2, 0.25) is 0 Å². The van der Waals surface area contributed by atoms with E-state index in [1.807, 2.05) is 30.3 Å². The first-order valence-corrected chi connectivity index (χ1v) is 8.95. The topological polar surface area (TPSA) is 72.5 Å². The fourth-order valence-electron chi connectivity index (χ4n) is 2.66. The van der Waals surface area contributed by atoms with E-state index >= 15 is 0 Å². The first kappa shape index (κ1) is 19.5. The van der Waals surface area contributed by atoms with Gasteiger partial charge in [-0.25, -0.2) is 0 Å². The van der Waals surface area contributed by atoms with Gasteiger partial charge in [-0.05, 0) is 36.4 Å². The summed E-state index contributed by atoms with van der Waals surface area (Å²) >= 11 is 6.15. The molecular formula is C21H20ClN3O3. The number of nitrogens with one attached hydrogen (secondary N) is 2. The van der Waals surface area contributed by atoms with Crippen LogP contribution in [0.25, 0.3) is 0 Å². The van der Waals surface area contributed by atoms with E-state index in [9.17, 15) is 4.79 Å². The van der Waals surface area contributed by atoms with Gasteiger partial charge in [-0.2, -0.15) is 0 Å². The van der Waals surface area contributed by atoms with Crippen LogP contribution in [0.5, 0.6) is 11.5 Å². The zero-order valence-electron chi connectivity index (χ0n) is 15.5. The molecule has 3 aromatic rings. The second-order valence-corrected chi connectivity index (χ2v) is 6.31. The van der Waals surface area contributed by atoms with Crippen LogP contribution in [0.4, 0.5) is 11.4 Å². The maximum atomic E-state index is 12.5. The van der Waals surface area contributed by atoms with Gasteiger partial charge in [0.05, 0.1) is 19.2 Å². The minimum atomic E-state index is -0.276. The number of nitrogens with zero attached hydrogens (tertiary/aromatic N) is 1. The highest BCUT2D eigenvalue weighted by molar-refractivity contribution is 6.32. The lowest BCUT2D eigenvalue weighted by Gasteiger charge is -2.11. The number of pyridine rings is 1. The lowest BCUT2D eigenvalue weighted by atomic mass is 10.2. The van der Waals surface area contributed by atoms with Crippen molar-refractivity contribution in [3.8, 4) is 11.5 Å². The smallest absolute Gasteiger partial charge is 0.270 e. The second kappa shape index (κ2) is 9.10. The molecule has 1 aromatic heterocycles. The van der Waals surface area contributed by atoms with Crippen LogP contribution < -0.4 is 20.1 Å². The number of aromatic nitrogens is 1. The maximum Gasteiger partial charge on any atom is 0.270 e. The number of ether oxygens (including phenoxy) is 2. The summed E-state index contributed by atoms with van der Waals surface area (Å²) in [5.41, 5.74) is 2.69. The zero-order chi connectivity index (χ0) is 19.9. The summed E-state index contributed by atoms with van der Waals surface area (Å²) in [5.74, 6) is 1.04. The van der Waals surface area contributed by atoms with Crippen LogP contribution in [0.15, 0.2) is 60.8 Å². The van der Waals surface area contributed by atoms with Crippen molar-refractivity contribution in [2.75, 3.05) is 19.5 Å². The molecule has 0 bridgehead atoms. The van der Waals surface area contributed by atoms with Gasteiger partial charge in [-0.15, -0.1) is 0 Å². The molecule has 3 rings (SSSR count). The molecule has 0 radical (unpaired) electrons. The number of para-hydroxylation sites is 1. The normalized spacial score (nSPS) is 10.2. The largest absolute Gasteiger partial charge is 0.496 e. The number of hydrogen-bond acceptors (Lipinski definition) is 5. The van der Waals surface area contributed by atoms with E-state index < -0.39 is 0 Å². The summed E-state index contributed by atoms with van der Waals surface area (Å²) in [4.78, 5) is 16.6.